The fraction of sp³-hybridized carbons (Fsp3) is 0.316. The minimum Gasteiger partial charge on any atom is -0.384 e. The first-order chi connectivity index (χ1) is 11.7. The summed E-state index contributed by atoms with van der Waals surface area (Å²) < 4.78 is 5.53. The monoisotopic (exact) mass is 320 g/mol. The van der Waals surface area contributed by atoms with Gasteiger partial charge in [-0.15, -0.1) is 0 Å². The van der Waals surface area contributed by atoms with Crippen LogP contribution in [0.5, 0.6) is 0 Å². The number of anilines is 1. The first kappa shape index (κ1) is 14.9. The number of benzene rings is 1. The zero-order valence-electron chi connectivity index (χ0n) is 13.9. The van der Waals surface area contributed by atoms with E-state index in [1.807, 2.05) is 13.0 Å². The van der Waals surface area contributed by atoms with Crippen LogP contribution >= 0.6 is 0 Å². The summed E-state index contributed by atoms with van der Waals surface area (Å²) in [4.78, 5) is 8.73. The number of aryl methyl sites for hydroxylation is 2. The number of rotatable bonds is 4. The van der Waals surface area contributed by atoms with E-state index in [4.69, 9.17) is 10.3 Å². The lowest BCUT2D eigenvalue weighted by Crippen LogP contribution is -1.94. The zero-order chi connectivity index (χ0) is 16.7. The summed E-state index contributed by atoms with van der Waals surface area (Å²) in [5.74, 6) is 2.61. The van der Waals surface area contributed by atoms with Crippen molar-refractivity contribution in [1.29, 1.82) is 0 Å². The van der Waals surface area contributed by atoms with Crippen LogP contribution in [0.4, 0.5) is 5.82 Å². The maximum absolute atomic E-state index is 5.70. The van der Waals surface area contributed by atoms with Crippen LogP contribution in [0.15, 0.2) is 41.1 Å². The van der Waals surface area contributed by atoms with Gasteiger partial charge in [0.2, 0.25) is 11.7 Å². The number of nitrogens with two attached hydrogens (primary N) is 1. The lowest BCUT2D eigenvalue weighted by Gasteiger charge is -2.05. The van der Waals surface area contributed by atoms with E-state index in [1.165, 1.54) is 11.1 Å². The molecule has 2 N–H and O–H groups in total. The molecular formula is C19H20N4O. The SMILES string of the molecule is CCc1ccccc1[C@@H]1C[C@H]1c1nc(-c2cnc(N)cc2C)no1. The van der Waals surface area contributed by atoms with Gasteiger partial charge in [-0.25, -0.2) is 4.98 Å². The Hall–Kier alpha value is -2.69. The fourth-order valence-electron chi connectivity index (χ4n) is 3.34. The van der Waals surface area contributed by atoms with Crippen molar-refractivity contribution in [2.45, 2.75) is 38.5 Å². The van der Waals surface area contributed by atoms with Gasteiger partial charge in [0.05, 0.1) is 0 Å². The molecule has 1 saturated carbocycles. The quantitative estimate of drug-likeness (QED) is 0.790. The highest BCUT2D eigenvalue weighted by molar-refractivity contribution is 5.60. The molecule has 4 rings (SSSR count). The number of hydrogen-bond acceptors (Lipinski definition) is 5. The van der Waals surface area contributed by atoms with E-state index in [0.29, 0.717) is 23.5 Å². The molecule has 1 aliphatic carbocycles. The number of pyridine rings is 1. The average Bonchev–Trinajstić information content (AvgIpc) is 3.24. The molecule has 24 heavy (non-hydrogen) atoms. The summed E-state index contributed by atoms with van der Waals surface area (Å²) in [7, 11) is 0. The van der Waals surface area contributed by atoms with E-state index >= 15 is 0 Å². The second-order valence-corrected chi connectivity index (χ2v) is 6.38. The van der Waals surface area contributed by atoms with Gasteiger partial charge in [-0.1, -0.05) is 36.3 Å². The Bertz CT molecular complexity index is 887. The molecule has 122 valence electrons. The zero-order valence-corrected chi connectivity index (χ0v) is 13.9. The van der Waals surface area contributed by atoms with Crippen molar-refractivity contribution in [3.8, 4) is 11.4 Å². The van der Waals surface area contributed by atoms with E-state index in [9.17, 15) is 0 Å². The topological polar surface area (TPSA) is 77.8 Å². The van der Waals surface area contributed by atoms with Crippen molar-refractivity contribution < 1.29 is 4.52 Å². The van der Waals surface area contributed by atoms with Gasteiger partial charge in [0.1, 0.15) is 5.82 Å². The van der Waals surface area contributed by atoms with Crippen LogP contribution in [0.25, 0.3) is 11.4 Å². The second kappa shape index (κ2) is 5.74. The molecule has 3 aromatic rings. The highest BCUT2D eigenvalue weighted by atomic mass is 16.5. The van der Waals surface area contributed by atoms with Crippen LogP contribution < -0.4 is 5.73 Å². The maximum atomic E-state index is 5.70. The van der Waals surface area contributed by atoms with Crippen LogP contribution in [0.1, 0.15) is 47.8 Å². The summed E-state index contributed by atoms with van der Waals surface area (Å²) >= 11 is 0. The van der Waals surface area contributed by atoms with Gasteiger partial charge in [-0.3, -0.25) is 0 Å². The summed E-state index contributed by atoms with van der Waals surface area (Å²) in [5.41, 5.74) is 10.4. The van der Waals surface area contributed by atoms with Gasteiger partial charge >= 0.3 is 0 Å². The third kappa shape index (κ3) is 2.56. The highest BCUT2D eigenvalue weighted by Gasteiger charge is 2.44. The molecular weight excluding hydrogens is 300 g/mol. The van der Waals surface area contributed by atoms with E-state index in [1.54, 1.807) is 6.20 Å². The number of hydrogen-bond donors (Lipinski definition) is 1. The van der Waals surface area contributed by atoms with Crippen molar-refractivity contribution >= 4 is 5.82 Å². The molecule has 0 radical (unpaired) electrons. The Morgan fingerprint density at radius 2 is 2.08 bits per heavy atom. The van der Waals surface area contributed by atoms with Crippen molar-refractivity contribution in [1.82, 2.24) is 15.1 Å². The highest BCUT2D eigenvalue weighted by Crippen LogP contribution is 2.55. The van der Waals surface area contributed by atoms with E-state index in [0.717, 1.165) is 29.9 Å². The third-order valence-corrected chi connectivity index (χ3v) is 4.76. The van der Waals surface area contributed by atoms with Gasteiger partial charge < -0.3 is 10.3 Å². The fourth-order valence-corrected chi connectivity index (χ4v) is 3.34. The largest absolute Gasteiger partial charge is 0.384 e. The molecule has 0 amide bonds. The third-order valence-electron chi connectivity index (χ3n) is 4.76. The van der Waals surface area contributed by atoms with E-state index in [2.05, 4.69) is 46.3 Å². The lowest BCUT2D eigenvalue weighted by atomic mass is 10.0. The Morgan fingerprint density at radius 3 is 2.88 bits per heavy atom. The Kier molecular flexibility index (Phi) is 3.56. The summed E-state index contributed by atoms with van der Waals surface area (Å²) in [6.07, 6.45) is 3.82. The minimum atomic E-state index is 0.320. The molecule has 5 heteroatoms. The van der Waals surface area contributed by atoms with Crippen molar-refractivity contribution in [3.63, 3.8) is 0 Å². The first-order valence-electron chi connectivity index (χ1n) is 8.31. The first-order valence-corrected chi connectivity index (χ1v) is 8.31. The molecule has 0 spiro atoms. The molecule has 1 aromatic carbocycles. The smallest absolute Gasteiger partial charge is 0.230 e. The predicted molar refractivity (Wildman–Crippen MR) is 92.6 cm³/mol. The number of aromatic nitrogens is 3. The summed E-state index contributed by atoms with van der Waals surface area (Å²) in [6.45, 7) is 4.17. The van der Waals surface area contributed by atoms with Gasteiger partial charge in [-0.2, -0.15) is 4.98 Å². The molecule has 2 heterocycles. The molecule has 1 aliphatic rings. The van der Waals surface area contributed by atoms with Gasteiger partial charge in [0, 0.05) is 17.7 Å². The molecule has 1 fully saturated rings. The minimum absolute atomic E-state index is 0.320. The standard InChI is InChI=1S/C19H20N4O/c1-3-12-6-4-5-7-13(12)14-9-15(14)19-22-18(23-24-19)16-10-21-17(20)8-11(16)2/h4-8,10,14-15H,3,9H2,1-2H3,(H2,20,21)/t14-,15+/m0/s1. The molecule has 0 saturated heterocycles. The predicted octanol–water partition coefficient (Wildman–Crippen LogP) is 3.86. The van der Waals surface area contributed by atoms with Crippen LogP contribution in [0.3, 0.4) is 0 Å². The molecule has 0 unspecified atom stereocenters. The van der Waals surface area contributed by atoms with E-state index in [-0.39, 0.29) is 0 Å². The molecule has 0 bridgehead atoms. The number of nitrogens with zero attached hydrogens (tertiary/aromatic N) is 3. The van der Waals surface area contributed by atoms with Gasteiger partial charge in [0.15, 0.2) is 0 Å². The normalized spacial score (nSPS) is 19.4. The van der Waals surface area contributed by atoms with Gasteiger partial charge in [-0.05, 0) is 48.4 Å². The Labute approximate surface area is 140 Å². The Morgan fingerprint density at radius 1 is 1.25 bits per heavy atom. The van der Waals surface area contributed by atoms with Crippen molar-refractivity contribution in [2.75, 3.05) is 5.73 Å². The number of nitrogen functional groups attached to an aromatic ring is 1. The Balaban J connectivity index is 1.58. The van der Waals surface area contributed by atoms with Crippen LogP contribution in [0, 0.1) is 6.92 Å². The van der Waals surface area contributed by atoms with Crippen LogP contribution in [-0.4, -0.2) is 15.1 Å². The van der Waals surface area contributed by atoms with E-state index < -0.39 is 0 Å². The van der Waals surface area contributed by atoms with Crippen LogP contribution in [0.2, 0.25) is 0 Å². The van der Waals surface area contributed by atoms with Gasteiger partial charge in [0.25, 0.3) is 0 Å². The summed E-state index contributed by atoms with van der Waals surface area (Å²) in [5, 5.41) is 4.14. The maximum Gasteiger partial charge on any atom is 0.230 e. The van der Waals surface area contributed by atoms with Crippen molar-refractivity contribution in [2.24, 2.45) is 0 Å². The van der Waals surface area contributed by atoms with Crippen molar-refractivity contribution in [3.05, 3.63) is 59.1 Å². The summed E-state index contributed by atoms with van der Waals surface area (Å²) in [6, 6.07) is 10.4. The lowest BCUT2D eigenvalue weighted by molar-refractivity contribution is 0.378. The molecule has 0 aliphatic heterocycles. The second-order valence-electron chi connectivity index (χ2n) is 6.38. The van der Waals surface area contributed by atoms with Crippen LogP contribution in [-0.2, 0) is 6.42 Å². The molecule has 2 atom stereocenters. The average molecular weight is 320 g/mol. The molecule has 5 nitrogen and oxygen atoms in total. The molecule has 2 aromatic heterocycles.